The average Bonchev–Trinajstić information content (AvgIpc) is 3.18. The van der Waals surface area contributed by atoms with Gasteiger partial charge >= 0.3 is 0 Å². The molecule has 2 fully saturated rings. The normalized spacial score (nSPS) is 18.9. The van der Waals surface area contributed by atoms with Crippen molar-refractivity contribution in [2.75, 3.05) is 31.1 Å². The summed E-state index contributed by atoms with van der Waals surface area (Å²) in [4.78, 5) is 14.1. The highest BCUT2D eigenvalue weighted by atomic mass is 15.2. The summed E-state index contributed by atoms with van der Waals surface area (Å²) in [6, 6.07) is 8.83. The van der Waals surface area contributed by atoms with Crippen LogP contribution in [0, 0.1) is 0 Å². The predicted molar refractivity (Wildman–Crippen MR) is 98.0 cm³/mol. The summed E-state index contributed by atoms with van der Waals surface area (Å²) in [5, 5.41) is 0. The molecule has 2 aliphatic heterocycles. The van der Waals surface area contributed by atoms with E-state index in [9.17, 15) is 0 Å². The van der Waals surface area contributed by atoms with Gasteiger partial charge in [0.05, 0.1) is 18.1 Å². The van der Waals surface area contributed by atoms with E-state index in [0.29, 0.717) is 0 Å². The van der Waals surface area contributed by atoms with E-state index in [4.69, 9.17) is 0 Å². The molecule has 0 amide bonds. The fourth-order valence-corrected chi connectivity index (χ4v) is 3.74. The molecule has 0 N–H and O–H groups in total. The van der Waals surface area contributed by atoms with E-state index in [1.807, 2.05) is 12.4 Å². The Morgan fingerprint density at radius 2 is 1.46 bits per heavy atom. The molecule has 0 saturated carbocycles. The SMILES string of the molecule is c1cc(-c2cnc(N3CCCC3)cn2)ccc1CN1CCCCC1. The zero-order valence-corrected chi connectivity index (χ0v) is 14.3. The van der Waals surface area contributed by atoms with Gasteiger partial charge in [-0.25, -0.2) is 4.98 Å². The van der Waals surface area contributed by atoms with Crippen LogP contribution < -0.4 is 4.90 Å². The summed E-state index contributed by atoms with van der Waals surface area (Å²) in [6.45, 7) is 5.77. The minimum absolute atomic E-state index is 0.961. The molecular formula is C20H26N4. The first-order valence-corrected chi connectivity index (χ1v) is 9.27. The van der Waals surface area contributed by atoms with E-state index in [1.165, 1.54) is 50.8 Å². The van der Waals surface area contributed by atoms with Crippen LogP contribution in [0.1, 0.15) is 37.7 Å². The zero-order chi connectivity index (χ0) is 16.2. The van der Waals surface area contributed by atoms with E-state index in [-0.39, 0.29) is 0 Å². The van der Waals surface area contributed by atoms with E-state index >= 15 is 0 Å². The Hall–Kier alpha value is -1.94. The average molecular weight is 322 g/mol. The molecule has 0 spiro atoms. The molecule has 2 aromatic rings. The van der Waals surface area contributed by atoms with Gasteiger partial charge in [-0.05, 0) is 44.3 Å². The maximum absolute atomic E-state index is 4.62. The highest BCUT2D eigenvalue weighted by molar-refractivity contribution is 5.59. The van der Waals surface area contributed by atoms with Crippen molar-refractivity contribution >= 4 is 5.82 Å². The number of hydrogen-bond donors (Lipinski definition) is 0. The Kier molecular flexibility index (Phi) is 4.74. The molecule has 24 heavy (non-hydrogen) atoms. The molecule has 3 heterocycles. The number of benzene rings is 1. The molecule has 4 rings (SSSR count). The molecule has 4 heteroatoms. The first-order valence-electron chi connectivity index (χ1n) is 9.27. The lowest BCUT2D eigenvalue weighted by molar-refractivity contribution is 0.221. The van der Waals surface area contributed by atoms with Gasteiger partial charge in [0.1, 0.15) is 5.82 Å². The summed E-state index contributed by atoms with van der Waals surface area (Å²) < 4.78 is 0. The monoisotopic (exact) mass is 322 g/mol. The zero-order valence-electron chi connectivity index (χ0n) is 14.3. The van der Waals surface area contributed by atoms with Gasteiger partial charge in [-0.3, -0.25) is 9.88 Å². The first kappa shape index (κ1) is 15.6. The lowest BCUT2D eigenvalue weighted by Crippen LogP contribution is -2.28. The van der Waals surface area contributed by atoms with Crippen LogP contribution in [0.3, 0.4) is 0 Å². The van der Waals surface area contributed by atoms with E-state index in [2.05, 4.69) is 44.0 Å². The molecule has 0 atom stereocenters. The highest BCUT2D eigenvalue weighted by Crippen LogP contribution is 2.21. The van der Waals surface area contributed by atoms with Crippen LogP contribution in [-0.4, -0.2) is 41.0 Å². The maximum Gasteiger partial charge on any atom is 0.147 e. The van der Waals surface area contributed by atoms with Crippen LogP contribution in [-0.2, 0) is 6.54 Å². The Balaban J connectivity index is 1.42. The van der Waals surface area contributed by atoms with Gasteiger partial charge in [0.2, 0.25) is 0 Å². The number of anilines is 1. The molecular weight excluding hydrogens is 296 g/mol. The minimum atomic E-state index is 0.961. The van der Waals surface area contributed by atoms with E-state index in [1.54, 1.807) is 0 Å². The van der Waals surface area contributed by atoms with Crippen LogP contribution in [0.4, 0.5) is 5.82 Å². The van der Waals surface area contributed by atoms with Crippen molar-refractivity contribution in [3.8, 4) is 11.3 Å². The molecule has 0 unspecified atom stereocenters. The van der Waals surface area contributed by atoms with Crippen LogP contribution in [0.25, 0.3) is 11.3 Å². The van der Waals surface area contributed by atoms with Crippen molar-refractivity contribution in [2.24, 2.45) is 0 Å². The summed E-state index contributed by atoms with van der Waals surface area (Å²) in [5.41, 5.74) is 3.50. The Morgan fingerprint density at radius 3 is 2.12 bits per heavy atom. The Bertz CT molecular complexity index is 638. The molecule has 1 aromatic heterocycles. The molecule has 2 saturated heterocycles. The van der Waals surface area contributed by atoms with Crippen LogP contribution in [0.5, 0.6) is 0 Å². The second-order valence-corrected chi connectivity index (χ2v) is 6.99. The van der Waals surface area contributed by atoms with Crippen molar-refractivity contribution in [1.82, 2.24) is 14.9 Å². The Morgan fingerprint density at radius 1 is 0.750 bits per heavy atom. The van der Waals surface area contributed by atoms with Crippen LogP contribution >= 0.6 is 0 Å². The smallest absolute Gasteiger partial charge is 0.147 e. The van der Waals surface area contributed by atoms with E-state index in [0.717, 1.165) is 36.7 Å². The second kappa shape index (κ2) is 7.31. The quantitative estimate of drug-likeness (QED) is 0.858. The molecule has 1 aromatic carbocycles. The van der Waals surface area contributed by atoms with Gasteiger partial charge in [0.25, 0.3) is 0 Å². The number of piperidine rings is 1. The topological polar surface area (TPSA) is 32.3 Å². The minimum Gasteiger partial charge on any atom is -0.355 e. The maximum atomic E-state index is 4.62. The number of likely N-dealkylation sites (tertiary alicyclic amines) is 1. The predicted octanol–water partition coefficient (Wildman–Crippen LogP) is 3.73. The van der Waals surface area contributed by atoms with E-state index < -0.39 is 0 Å². The summed E-state index contributed by atoms with van der Waals surface area (Å²) in [6.07, 6.45) is 10.4. The first-order chi connectivity index (χ1) is 11.9. The molecule has 0 aliphatic carbocycles. The third-order valence-electron chi connectivity index (χ3n) is 5.17. The molecule has 0 radical (unpaired) electrons. The summed E-state index contributed by atoms with van der Waals surface area (Å²) in [5.74, 6) is 1.01. The fraction of sp³-hybridized carbons (Fsp3) is 0.500. The second-order valence-electron chi connectivity index (χ2n) is 6.99. The van der Waals surface area contributed by atoms with Gasteiger partial charge in [0, 0.05) is 25.2 Å². The Labute approximate surface area is 144 Å². The fourth-order valence-electron chi connectivity index (χ4n) is 3.74. The van der Waals surface area contributed by atoms with Gasteiger partial charge in [0.15, 0.2) is 0 Å². The number of rotatable bonds is 4. The van der Waals surface area contributed by atoms with Crippen molar-refractivity contribution in [2.45, 2.75) is 38.6 Å². The summed E-state index contributed by atoms with van der Waals surface area (Å²) >= 11 is 0. The largest absolute Gasteiger partial charge is 0.355 e. The van der Waals surface area contributed by atoms with Crippen molar-refractivity contribution in [3.05, 3.63) is 42.2 Å². The molecule has 4 nitrogen and oxygen atoms in total. The number of aromatic nitrogens is 2. The van der Waals surface area contributed by atoms with Crippen molar-refractivity contribution < 1.29 is 0 Å². The summed E-state index contributed by atoms with van der Waals surface area (Å²) in [7, 11) is 0. The van der Waals surface area contributed by atoms with Gasteiger partial charge < -0.3 is 4.90 Å². The van der Waals surface area contributed by atoms with Crippen molar-refractivity contribution in [1.29, 1.82) is 0 Å². The van der Waals surface area contributed by atoms with Crippen LogP contribution in [0.2, 0.25) is 0 Å². The molecule has 2 aliphatic rings. The lowest BCUT2D eigenvalue weighted by atomic mass is 10.1. The molecule has 126 valence electrons. The third-order valence-corrected chi connectivity index (χ3v) is 5.17. The van der Waals surface area contributed by atoms with Gasteiger partial charge in [-0.1, -0.05) is 30.7 Å². The molecule has 0 bridgehead atoms. The van der Waals surface area contributed by atoms with Crippen molar-refractivity contribution in [3.63, 3.8) is 0 Å². The number of nitrogens with zero attached hydrogens (tertiary/aromatic N) is 4. The highest BCUT2D eigenvalue weighted by Gasteiger charge is 2.14. The van der Waals surface area contributed by atoms with Crippen LogP contribution in [0.15, 0.2) is 36.7 Å². The lowest BCUT2D eigenvalue weighted by Gasteiger charge is -2.26. The van der Waals surface area contributed by atoms with Gasteiger partial charge in [-0.15, -0.1) is 0 Å². The number of hydrogen-bond acceptors (Lipinski definition) is 4. The standard InChI is InChI=1S/C20H26N4/c1-2-10-23(11-3-1)16-17-6-8-18(9-7-17)19-14-22-20(15-21-19)24-12-4-5-13-24/h6-9,14-15H,1-5,10-13,16H2. The van der Waals surface area contributed by atoms with Gasteiger partial charge in [-0.2, -0.15) is 0 Å². The third kappa shape index (κ3) is 3.59.